The number of amides is 1. The van der Waals surface area contributed by atoms with E-state index in [-0.39, 0.29) is 11.5 Å². The SMILES string of the molecule is O=C(c1ccccc1NS(=O)(=O)C(F)(F)F)N1CCCC(COc2ccccc2)C1. The van der Waals surface area contributed by atoms with Crippen molar-refractivity contribution in [3.8, 4) is 5.75 Å². The molecular formula is C20H21F3N2O4S. The fourth-order valence-electron chi connectivity index (χ4n) is 3.25. The van der Waals surface area contributed by atoms with E-state index in [2.05, 4.69) is 0 Å². The Hall–Kier alpha value is -2.75. The summed E-state index contributed by atoms with van der Waals surface area (Å²) in [4.78, 5) is 14.5. The molecule has 1 aliphatic heterocycles. The first-order chi connectivity index (χ1) is 14.2. The minimum atomic E-state index is -5.63. The first kappa shape index (κ1) is 21.9. The van der Waals surface area contributed by atoms with Gasteiger partial charge in [0.1, 0.15) is 5.75 Å². The highest BCUT2D eigenvalue weighted by atomic mass is 32.2. The number of anilines is 1. The van der Waals surface area contributed by atoms with Crippen LogP contribution in [0.3, 0.4) is 0 Å². The quantitative estimate of drug-likeness (QED) is 0.737. The second-order valence-electron chi connectivity index (χ2n) is 6.98. The number of nitrogens with one attached hydrogen (secondary N) is 1. The molecule has 1 amide bonds. The molecule has 3 rings (SSSR count). The highest BCUT2D eigenvalue weighted by Gasteiger charge is 2.46. The van der Waals surface area contributed by atoms with Gasteiger partial charge in [-0.2, -0.15) is 21.6 Å². The molecule has 1 N–H and O–H groups in total. The molecule has 10 heteroatoms. The summed E-state index contributed by atoms with van der Waals surface area (Å²) >= 11 is 0. The zero-order valence-corrected chi connectivity index (χ0v) is 16.7. The molecule has 0 radical (unpaired) electrons. The highest BCUT2D eigenvalue weighted by Crippen LogP contribution is 2.28. The van der Waals surface area contributed by atoms with Gasteiger partial charge in [0.05, 0.1) is 17.9 Å². The van der Waals surface area contributed by atoms with Gasteiger partial charge >= 0.3 is 15.5 Å². The van der Waals surface area contributed by atoms with Crippen LogP contribution in [-0.2, 0) is 10.0 Å². The summed E-state index contributed by atoms with van der Waals surface area (Å²) in [5.41, 5.74) is -6.01. The van der Waals surface area contributed by atoms with Crippen LogP contribution < -0.4 is 9.46 Å². The van der Waals surface area contributed by atoms with Crippen LogP contribution in [0.2, 0.25) is 0 Å². The van der Waals surface area contributed by atoms with E-state index >= 15 is 0 Å². The fraction of sp³-hybridized carbons (Fsp3) is 0.350. The number of para-hydroxylation sites is 2. The normalized spacial score (nSPS) is 17.4. The van der Waals surface area contributed by atoms with Gasteiger partial charge in [-0.05, 0) is 37.1 Å². The summed E-state index contributed by atoms with van der Waals surface area (Å²) in [6.07, 6.45) is 1.56. The lowest BCUT2D eigenvalue weighted by molar-refractivity contribution is -0.0429. The third kappa shape index (κ3) is 5.24. The summed E-state index contributed by atoms with van der Waals surface area (Å²) in [6.45, 7) is 1.20. The van der Waals surface area contributed by atoms with E-state index < -0.39 is 27.1 Å². The second-order valence-corrected chi connectivity index (χ2v) is 8.65. The number of rotatable bonds is 6. The van der Waals surface area contributed by atoms with Crippen LogP contribution in [0.1, 0.15) is 23.2 Å². The van der Waals surface area contributed by atoms with Gasteiger partial charge < -0.3 is 9.64 Å². The molecule has 2 aromatic rings. The number of carbonyl (C=O) groups is 1. The molecule has 0 spiro atoms. The minimum Gasteiger partial charge on any atom is -0.493 e. The Kier molecular flexibility index (Phi) is 6.55. The molecule has 0 aliphatic carbocycles. The summed E-state index contributed by atoms with van der Waals surface area (Å²) in [6, 6.07) is 14.5. The largest absolute Gasteiger partial charge is 0.516 e. The average molecular weight is 442 g/mol. The van der Waals surface area contributed by atoms with Crippen LogP contribution in [0.4, 0.5) is 18.9 Å². The summed E-state index contributed by atoms with van der Waals surface area (Å²) in [5, 5.41) is 0. The molecule has 1 aliphatic rings. The lowest BCUT2D eigenvalue weighted by Crippen LogP contribution is -2.42. The van der Waals surface area contributed by atoms with E-state index in [1.807, 2.05) is 30.3 Å². The van der Waals surface area contributed by atoms with Gasteiger partial charge in [0.2, 0.25) is 0 Å². The number of ether oxygens (including phenoxy) is 1. The van der Waals surface area contributed by atoms with Crippen molar-refractivity contribution < 1.29 is 31.1 Å². The molecule has 0 bridgehead atoms. The topological polar surface area (TPSA) is 75.7 Å². The van der Waals surface area contributed by atoms with Gasteiger partial charge in [-0.15, -0.1) is 0 Å². The molecule has 1 fully saturated rings. The molecule has 1 unspecified atom stereocenters. The summed E-state index contributed by atoms with van der Waals surface area (Å²) in [5.74, 6) is 0.245. The lowest BCUT2D eigenvalue weighted by Gasteiger charge is -2.33. The minimum absolute atomic E-state index is 0.0573. The van der Waals surface area contributed by atoms with Crippen molar-refractivity contribution in [2.75, 3.05) is 24.4 Å². The van der Waals surface area contributed by atoms with Gasteiger partial charge in [0.15, 0.2) is 0 Å². The Labute approximate surface area is 172 Å². The number of halogens is 3. The summed E-state index contributed by atoms with van der Waals surface area (Å²) in [7, 11) is -5.63. The number of likely N-dealkylation sites (tertiary alicyclic amines) is 1. The number of carbonyl (C=O) groups excluding carboxylic acids is 1. The van der Waals surface area contributed by atoms with Crippen LogP contribution in [0.5, 0.6) is 5.75 Å². The predicted octanol–water partition coefficient (Wildman–Crippen LogP) is 3.88. The Morgan fingerprint density at radius 2 is 1.77 bits per heavy atom. The average Bonchev–Trinajstić information content (AvgIpc) is 2.72. The van der Waals surface area contributed by atoms with Gasteiger partial charge in [-0.25, -0.2) is 0 Å². The van der Waals surface area contributed by atoms with Crippen LogP contribution in [0.25, 0.3) is 0 Å². The molecular weight excluding hydrogens is 421 g/mol. The molecule has 0 saturated carbocycles. The Bertz CT molecular complexity index is 981. The molecule has 30 heavy (non-hydrogen) atoms. The molecule has 1 saturated heterocycles. The molecule has 162 valence electrons. The molecule has 2 aromatic carbocycles. The Morgan fingerprint density at radius 3 is 2.47 bits per heavy atom. The van der Waals surface area contributed by atoms with E-state index in [0.29, 0.717) is 31.9 Å². The molecule has 6 nitrogen and oxygen atoms in total. The zero-order valence-electron chi connectivity index (χ0n) is 15.9. The molecule has 0 aromatic heterocycles. The highest BCUT2D eigenvalue weighted by molar-refractivity contribution is 7.93. The summed E-state index contributed by atoms with van der Waals surface area (Å²) < 4.78 is 68.3. The zero-order chi connectivity index (χ0) is 21.8. The van der Waals surface area contributed by atoms with Crippen LogP contribution in [0, 0.1) is 5.92 Å². The Balaban J connectivity index is 1.70. The van der Waals surface area contributed by atoms with E-state index in [0.717, 1.165) is 12.5 Å². The number of benzene rings is 2. The van der Waals surface area contributed by atoms with Gasteiger partial charge in [-0.3, -0.25) is 9.52 Å². The van der Waals surface area contributed by atoms with Crippen molar-refractivity contribution in [1.29, 1.82) is 0 Å². The molecule has 1 heterocycles. The smallest absolute Gasteiger partial charge is 0.493 e. The van der Waals surface area contributed by atoms with Crippen molar-refractivity contribution in [3.63, 3.8) is 0 Å². The number of sulfonamides is 1. The first-order valence-electron chi connectivity index (χ1n) is 9.32. The first-order valence-corrected chi connectivity index (χ1v) is 10.8. The van der Waals surface area contributed by atoms with Gasteiger partial charge in [0.25, 0.3) is 5.91 Å². The number of piperidine rings is 1. The third-order valence-electron chi connectivity index (χ3n) is 4.74. The van der Waals surface area contributed by atoms with E-state index in [9.17, 15) is 26.4 Å². The monoisotopic (exact) mass is 442 g/mol. The van der Waals surface area contributed by atoms with Gasteiger partial charge in [0, 0.05) is 19.0 Å². The number of hydrogen-bond donors (Lipinski definition) is 1. The van der Waals surface area contributed by atoms with Crippen LogP contribution in [-0.4, -0.2) is 44.4 Å². The maximum absolute atomic E-state index is 12.9. The van der Waals surface area contributed by atoms with Crippen molar-refractivity contribution in [1.82, 2.24) is 4.90 Å². The number of hydrogen-bond acceptors (Lipinski definition) is 4. The van der Waals surface area contributed by atoms with Crippen LogP contribution >= 0.6 is 0 Å². The number of nitrogens with zero attached hydrogens (tertiary/aromatic N) is 1. The molecule has 1 atom stereocenters. The van der Waals surface area contributed by atoms with Crippen molar-refractivity contribution >= 4 is 21.6 Å². The second kappa shape index (κ2) is 8.95. The van der Waals surface area contributed by atoms with E-state index in [1.54, 1.807) is 0 Å². The third-order valence-corrected chi connectivity index (χ3v) is 5.84. The lowest BCUT2D eigenvalue weighted by atomic mass is 9.98. The Morgan fingerprint density at radius 1 is 1.10 bits per heavy atom. The van der Waals surface area contributed by atoms with E-state index in [1.165, 1.54) is 27.8 Å². The predicted molar refractivity (Wildman–Crippen MR) is 106 cm³/mol. The van der Waals surface area contributed by atoms with E-state index in [4.69, 9.17) is 4.74 Å². The van der Waals surface area contributed by atoms with Crippen molar-refractivity contribution in [3.05, 3.63) is 60.2 Å². The maximum atomic E-state index is 12.9. The fourth-order valence-corrected chi connectivity index (χ4v) is 3.83. The standard InChI is InChI=1S/C20H21F3N2O4S/c21-20(22,23)30(27,28)24-18-11-5-4-10-17(18)19(26)25-12-6-7-15(13-25)14-29-16-8-2-1-3-9-16/h1-5,8-11,15,24H,6-7,12-14H2. The maximum Gasteiger partial charge on any atom is 0.516 e. The number of alkyl halides is 3. The van der Waals surface area contributed by atoms with Gasteiger partial charge in [-0.1, -0.05) is 30.3 Å². The van der Waals surface area contributed by atoms with Crippen molar-refractivity contribution in [2.24, 2.45) is 5.92 Å². The van der Waals surface area contributed by atoms with Crippen LogP contribution in [0.15, 0.2) is 54.6 Å². The van der Waals surface area contributed by atoms with Crippen molar-refractivity contribution in [2.45, 2.75) is 18.3 Å².